The lowest BCUT2D eigenvalue weighted by Crippen LogP contribution is -2.47. The summed E-state index contributed by atoms with van der Waals surface area (Å²) >= 11 is 11.8. The summed E-state index contributed by atoms with van der Waals surface area (Å²) in [6.45, 7) is 4.07. The lowest BCUT2D eigenvalue weighted by atomic mass is 9.89. The van der Waals surface area contributed by atoms with Crippen LogP contribution < -0.4 is 14.8 Å². The van der Waals surface area contributed by atoms with E-state index in [0.29, 0.717) is 28.2 Å². The number of amides is 1. The predicted octanol–water partition coefficient (Wildman–Crippen LogP) is 5.30. The molecule has 1 aliphatic carbocycles. The third-order valence-electron chi connectivity index (χ3n) is 5.02. The average Bonchev–Trinajstić information content (AvgIpc) is 2.69. The molecule has 29 heavy (non-hydrogen) atoms. The first-order valence-corrected chi connectivity index (χ1v) is 10.5. The summed E-state index contributed by atoms with van der Waals surface area (Å²) in [7, 11) is 0. The van der Waals surface area contributed by atoms with Crippen LogP contribution in [0, 0.1) is 5.41 Å². The fourth-order valence-electron chi connectivity index (χ4n) is 3.22. The smallest absolute Gasteiger partial charge is 0.229 e. The van der Waals surface area contributed by atoms with Crippen LogP contribution in [0.15, 0.2) is 42.7 Å². The van der Waals surface area contributed by atoms with Crippen molar-refractivity contribution in [3.8, 4) is 11.5 Å². The Kier molecular flexibility index (Phi) is 7.25. The van der Waals surface area contributed by atoms with Gasteiger partial charge in [-0.2, -0.15) is 0 Å². The van der Waals surface area contributed by atoms with Crippen LogP contribution in [0.3, 0.4) is 0 Å². The third kappa shape index (κ3) is 6.51. The molecule has 0 aliphatic heterocycles. The molecule has 1 fully saturated rings. The number of carbonyl (C=O) groups excluding carboxylic acids is 1. The molecule has 0 unspecified atom stereocenters. The van der Waals surface area contributed by atoms with Crippen LogP contribution in [-0.4, -0.2) is 29.6 Å². The molecule has 1 saturated carbocycles. The van der Waals surface area contributed by atoms with Gasteiger partial charge in [-0.3, -0.25) is 9.78 Å². The number of rotatable bonds is 7. The maximum Gasteiger partial charge on any atom is 0.229 e. The first-order valence-electron chi connectivity index (χ1n) is 9.78. The van der Waals surface area contributed by atoms with Gasteiger partial charge in [-0.05, 0) is 63.8 Å². The van der Waals surface area contributed by atoms with Crippen LogP contribution in [0.1, 0.15) is 39.5 Å². The fraction of sp³-hybridized carbons (Fsp3) is 0.455. The summed E-state index contributed by atoms with van der Waals surface area (Å²) in [6.07, 6.45) is 6.86. The second kappa shape index (κ2) is 9.68. The minimum atomic E-state index is -0.639. The zero-order chi connectivity index (χ0) is 20.9. The topological polar surface area (TPSA) is 60.5 Å². The number of benzene rings is 1. The molecule has 156 valence electrons. The van der Waals surface area contributed by atoms with Crippen molar-refractivity contribution in [1.29, 1.82) is 0 Å². The molecule has 1 aromatic heterocycles. The van der Waals surface area contributed by atoms with Crippen molar-refractivity contribution in [3.05, 3.63) is 52.8 Å². The zero-order valence-corrected chi connectivity index (χ0v) is 18.2. The number of aromatic nitrogens is 1. The van der Waals surface area contributed by atoms with Crippen molar-refractivity contribution in [2.75, 3.05) is 6.61 Å². The van der Waals surface area contributed by atoms with Gasteiger partial charge in [0.1, 0.15) is 18.1 Å². The van der Waals surface area contributed by atoms with Gasteiger partial charge in [0.15, 0.2) is 0 Å². The van der Waals surface area contributed by atoms with Crippen LogP contribution in [0.2, 0.25) is 10.0 Å². The zero-order valence-electron chi connectivity index (χ0n) is 16.7. The minimum absolute atomic E-state index is 0.00475. The second-order valence-corrected chi connectivity index (χ2v) is 8.90. The Hall–Kier alpha value is -1.98. The fourth-order valence-corrected chi connectivity index (χ4v) is 3.51. The maximum absolute atomic E-state index is 12.8. The van der Waals surface area contributed by atoms with E-state index in [9.17, 15) is 4.79 Å². The van der Waals surface area contributed by atoms with Gasteiger partial charge in [0.2, 0.25) is 5.91 Å². The average molecular weight is 437 g/mol. The molecule has 7 heteroatoms. The molecular weight excluding hydrogens is 411 g/mol. The molecular formula is C22H26Cl2N2O3. The van der Waals surface area contributed by atoms with Gasteiger partial charge in [-0.1, -0.05) is 23.2 Å². The number of halogens is 2. The maximum atomic E-state index is 12.8. The highest BCUT2D eigenvalue weighted by atomic mass is 35.5. The van der Waals surface area contributed by atoms with Crippen molar-refractivity contribution < 1.29 is 14.3 Å². The number of carbonyl (C=O) groups is 1. The number of hydrogen-bond acceptors (Lipinski definition) is 4. The van der Waals surface area contributed by atoms with E-state index in [4.69, 9.17) is 32.7 Å². The molecule has 0 saturated heterocycles. The van der Waals surface area contributed by atoms with Crippen LogP contribution in [0.5, 0.6) is 11.5 Å². The largest absolute Gasteiger partial charge is 0.492 e. The van der Waals surface area contributed by atoms with E-state index >= 15 is 0 Å². The molecule has 5 nitrogen and oxygen atoms in total. The van der Waals surface area contributed by atoms with Gasteiger partial charge in [-0.25, -0.2) is 0 Å². The van der Waals surface area contributed by atoms with Crippen molar-refractivity contribution >= 4 is 29.1 Å². The molecule has 1 N–H and O–H groups in total. The van der Waals surface area contributed by atoms with Crippen molar-refractivity contribution in [1.82, 2.24) is 10.3 Å². The van der Waals surface area contributed by atoms with E-state index in [-0.39, 0.29) is 18.1 Å². The molecule has 0 radical (unpaired) electrons. The SMILES string of the molecule is CC(C)(COc1ccc(Cl)cc1)C(=O)N[C@H]1CC[C@H](Oc2cncc(Cl)c2)CC1. The third-order valence-corrected chi connectivity index (χ3v) is 5.48. The first-order chi connectivity index (χ1) is 13.8. The van der Waals surface area contributed by atoms with Crippen LogP contribution >= 0.6 is 23.2 Å². The summed E-state index contributed by atoms with van der Waals surface area (Å²) in [5, 5.41) is 4.38. The van der Waals surface area contributed by atoms with Crippen molar-refractivity contribution in [2.45, 2.75) is 51.7 Å². The lowest BCUT2D eigenvalue weighted by Gasteiger charge is -2.32. The van der Waals surface area contributed by atoms with Gasteiger partial charge in [0.25, 0.3) is 0 Å². The molecule has 1 aliphatic rings. The minimum Gasteiger partial charge on any atom is -0.492 e. The van der Waals surface area contributed by atoms with Gasteiger partial charge in [-0.15, -0.1) is 0 Å². The molecule has 1 heterocycles. The van der Waals surface area contributed by atoms with Crippen LogP contribution in [-0.2, 0) is 4.79 Å². The van der Waals surface area contributed by atoms with Gasteiger partial charge < -0.3 is 14.8 Å². The monoisotopic (exact) mass is 436 g/mol. The normalized spacial score (nSPS) is 19.4. The van der Waals surface area contributed by atoms with Gasteiger partial charge in [0, 0.05) is 23.3 Å². The Morgan fingerprint density at radius 2 is 1.76 bits per heavy atom. The van der Waals surface area contributed by atoms with Crippen LogP contribution in [0.25, 0.3) is 0 Å². The predicted molar refractivity (Wildman–Crippen MR) is 115 cm³/mol. The Bertz CT molecular complexity index is 819. The van der Waals surface area contributed by atoms with E-state index in [1.165, 1.54) is 0 Å². The Morgan fingerprint density at radius 1 is 1.07 bits per heavy atom. The second-order valence-electron chi connectivity index (χ2n) is 8.03. The number of nitrogens with one attached hydrogen (secondary N) is 1. The summed E-state index contributed by atoms with van der Waals surface area (Å²) in [4.78, 5) is 16.8. The highest BCUT2D eigenvalue weighted by Crippen LogP contribution is 2.26. The molecule has 0 spiro atoms. The highest BCUT2D eigenvalue weighted by Gasteiger charge is 2.32. The molecule has 0 bridgehead atoms. The Labute approximate surface area is 181 Å². The van der Waals surface area contributed by atoms with Crippen molar-refractivity contribution in [2.24, 2.45) is 5.41 Å². The molecule has 0 atom stereocenters. The lowest BCUT2D eigenvalue weighted by molar-refractivity contribution is -0.132. The van der Waals surface area contributed by atoms with E-state index in [1.807, 2.05) is 13.8 Å². The highest BCUT2D eigenvalue weighted by molar-refractivity contribution is 6.30. The van der Waals surface area contributed by atoms with E-state index in [1.54, 1.807) is 42.7 Å². The number of ether oxygens (including phenoxy) is 2. The molecule has 1 aromatic carbocycles. The standard InChI is InChI=1S/C22H26Cl2N2O3/c1-22(2,14-28-18-7-3-15(23)4-8-18)21(27)26-17-5-9-19(10-6-17)29-20-11-16(24)12-25-13-20/h3-4,7-8,11-13,17,19H,5-6,9-10,14H2,1-2H3,(H,26,27)/t17-,19-. The van der Waals surface area contributed by atoms with Crippen LogP contribution in [0.4, 0.5) is 0 Å². The van der Waals surface area contributed by atoms with E-state index < -0.39 is 5.41 Å². The quantitative estimate of drug-likeness (QED) is 0.639. The number of hydrogen-bond donors (Lipinski definition) is 1. The van der Waals surface area contributed by atoms with E-state index in [2.05, 4.69) is 10.3 Å². The van der Waals surface area contributed by atoms with Gasteiger partial charge in [0.05, 0.1) is 22.7 Å². The Balaban J connectivity index is 1.43. The number of pyridine rings is 1. The first kappa shape index (κ1) is 21.7. The van der Waals surface area contributed by atoms with Crippen molar-refractivity contribution in [3.63, 3.8) is 0 Å². The molecule has 1 amide bonds. The summed E-state index contributed by atoms with van der Waals surface area (Å²) in [5.41, 5.74) is -0.639. The molecule has 2 aromatic rings. The summed E-state index contributed by atoms with van der Waals surface area (Å²) in [6, 6.07) is 9.05. The molecule has 3 rings (SSSR count). The summed E-state index contributed by atoms with van der Waals surface area (Å²) < 4.78 is 11.7. The number of nitrogens with zero attached hydrogens (tertiary/aromatic N) is 1. The van der Waals surface area contributed by atoms with E-state index in [0.717, 1.165) is 25.7 Å². The Morgan fingerprint density at radius 3 is 2.41 bits per heavy atom. The van der Waals surface area contributed by atoms with Gasteiger partial charge >= 0.3 is 0 Å². The summed E-state index contributed by atoms with van der Waals surface area (Å²) in [5.74, 6) is 1.38.